The number of methoxy groups -OCH3 is 1. The van der Waals surface area contributed by atoms with Crippen LogP contribution in [0.3, 0.4) is 0 Å². The summed E-state index contributed by atoms with van der Waals surface area (Å²) in [6, 6.07) is 0. The van der Waals surface area contributed by atoms with Crippen molar-refractivity contribution in [2.24, 2.45) is 5.92 Å². The topological polar surface area (TPSA) is 64.6 Å². The maximum absolute atomic E-state index is 12.0. The van der Waals surface area contributed by atoms with Gasteiger partial charge in [0, 0.05) is 5.88 Å². The first-order chi connectivity index (χ1) is 10.2. The lowest BCUT2D eigenvalue weighted by atomic mass is 9.66. The molecule has 0 atom stereocenters. The zero-order valence-corrected chi connectivity index (χ0v) is 14.8. The Balaban J connectivity index is 2.50. The zero-order chi connectivity index (χ0) is 16.8. The predicted molar refractivity (Wildman–Crippen MR) is 86.0 cm³/mol. The monoisotopic (exact) mass is 333 g/mol. The molecule has 0 aromatic carbocycles. The largest absolute Gasteiger partial charge is 0.467 e. The van der Waals surface area contributed by atoms with Gasteiger partial charge in [-0.1, -0.05) is 19.3 Å². The van der Waals surface area contributed by atoms with Crippen molar-refractivity contribution in [3.8, 4) is 0 Å². The number of hydrogen-bond acceptors (Lipinski definition) is 4. The molecular formula is C16H28ClNO4. The summed E-state index contributed by atoms with van der Waals surface area (Å²) in [5.74, 6) is 0.733. The minimum Gasteiger partial charge on any atom is -0.467 e. The van der Waals surface area contributed by atoms with Gasteiger partial charge >= 0.3 is 12.1 Å². The van der Waals surface area contributed by atoms with Gasteiger partial charge in [0.2, 0.25) is 0 Å². The third kappa shape index (κ3) is 5.67. The number of carbonyl (C=O) groups excluding carboxylic acids is 2. The number of carbonyl (C=O) groups is 2. The van der Waals surface area contributed by atoms with Crippen LogP contribution in [0.25, 0.3) is 0 Å². The van der Waals surface area contributed by atoms with Gasteiger partial charge in [0.25, 0.3) is 0 Å². The van der Waals surface area contributed by atoms with Crippen molar-refractivity contribution in [1.29, 1.82) is 0 Å². The van der Waals surface area contributed by atoms with Crippen LogP contribution in [-0.4, -0.2) is 36.2 Å². The summed E-state index contributed by atoms with van der Waals surface area (Å²) in [5.41, 5.74) is -1.51. The molecule has 1 aliphatic rings. The SMILES string of the molecule is COC(=O)C1(NC(=O)OC(C)(C)C)CC(CCCCCCl)C1. The second-order valence-corrected chi connectivity index (χ2v) is 7.39. The van der Waals surface area contributed by atoms with Crippen molar-refractivity contribution in [3.63, 3.8) is 0 Å². The first kappa shape index (κ1) is 19.1. The molecule has 0 heterocycles. The van der Waals surface area contributed by atoms with Crippen LogP contribution in [0.5, 0.6) is 0 Å². The average molecular weight is 334 g/mol. The Kier molecular flexibility index (Phi) is 6.98. The van der Waals surface area contributed by atoms with Crippen molar-refractivity contribution in [1.82, 2.24) is 5.32 Å². The second kappa shape index (κ2) is 8.04. The van der Waals surface area contributed by atoms with Gasteiger partial charge in [-0.2, -0.15) is 0 Å². The highest BCUT2D eigenvalue weighted by Crippen LogP contribution is 2.42. The van der Waals surface area contributed by atoms with Crippen LogP contribution in [0.1, 0.15) is 59.3 Å². The van der Waals surface area contributed by atoms with Gasteiger partial charge in [-0.3, -0.25) is 0 Å². The first-order valence-electron chi connectivity index (χ1n) is 7.88. The summed E-state index contributed by atoms with van der Waals surface area (Å²) in [7, 11) is 1.34. The van der Waals surface area contributed by atoms with Gasteiger partial charge in [-0.25, -0.2) is 9.59 Å². The summed E-state index contributed by atoms with van der Waals surface area (Å²) in [6.45, 7) is 5.37. The van der Waals surface area contributed by atoms with Crippen LogP contribution in [0, 0.1) is 5.92 Å². The highest BCUT2D eigenvalue weighted by atomic mass is 35.5. The molecule has 1 amide bonds. The Morgan fingerprint density at radius 2 is 1.86 bits per heavy atom. The van der Waals surface area contributed by atoms with Gasteiger partial charge in [-0.05, 0) is 46.0 Å². The molecule has 128 valence electrons. The van der Waals surface area contributed by atoms with E-state index < -0.39 is 23.2 Å². The van der Waals surface area contributed by atoms with E-state index in [4.69, 9.17) is 21.1 Å². The lowest BCUT2D eigenvalue weighted by Crippen LogP contribution is -2.63. The number of alkyl carbamates (subject to hydrolysis) is 1. The Bertz CT molecular complexity index is 386. The Hall–Kier alpha value is -0.970. The van der Waals surface area contributed by atoms with Gasteiger partial charge < -0.3 is 14.8 Å². The Labute approximate surface area is 138 Å². The van der Waals surface area contributed by atoms with E-state index in [0.717, 1.165) is 25.7 Å². The summed E-state index contributed by atoms with van der Waals surface area (Å²) in [6.07, 6.45) is 4.92. The fourth-order valence-corrected chi connectivity index (χ4v) is 3.04. The van der Waals surface area contributed by atoms with Gasteiger partial charge in [0.15, 0.2) is 0 Å². The van der Waals surface area contributed by atoms with Gasteiger partial charge in [0.1, 0.15) is 11.1 Å². The molecule has 6 heteroatoms. The second-order valence-electron chi connectivity index (χ2n) is 7.01. The predicted octanol–water partition coefficient (Wildman–Crippen LogP) is 3.63. The third-order valence-corrected chi connectivity index (χ3v) is 4.10. The molecule has 1 fully saturated rings. The number of hydrogen-bond donors (Lipinski definition) is 1. The van der Waals surface area contributed by atoms with Crippen molar-refractivity contribution < 1.29 is 19.1 Å². The standard InChI is InChI=1S/C16H28ClNO4/c1-15(2,3)22-14(20)18-16(13(19)21-4)10-12(11-16)8-6-5-7-9-17/h12H,5-11H2,1-4H3,(H,18,20). The van der Waals surface area contributed by atoms with Crippen LogP contribution < -0.4 is 5.32 Å². The van der Waals surface area contributed by atoms with E-state index in [1.54, 1.807) is 20.8 Å². The Morgan fingerprint density at radius 3 is 2.36 bits per heavy atom. The van der Waals surface area contributed by atoms with Crippen LogP contribution in [-0.2, 0) is 14.3 Å². The Morgan fingerprint density at radius 1 is 1.23 bits per heavy atom. The normalized spacial score (nSPS) is 24.3. The maximum atomic E-state index is 12.0. The molecule has 5 nitrogen and oxygen atoms in total. The number of amides is 1. The fourth-order valence-electron chi connectivity index (χ4n) is 2.85. The summed E-state index contributed by atoms with van der Waals surface area (Å²) >= 11 is 5.66. The van der Waals surface area contributed by atoms with Crippen molar-refractivity contribution in [3.05, 3.63) is 0 Å². The lowest BCUT2D eigenvalue weighted by Gasteiger charge is -2.45. The molecule has 0 saturated heterocycles. The molecule has 22 heavy (non-hydrogen) atoms. The van der Waals surface area contributed by atoms with Crippen LogP contribution in [0.2, 0.25) is 0 Å². The molecule has 1 N–H and O–H groups in total. The van der Waals surface area contributed by atoms with Crippen LogP contribution in [0.15, 0.2) is 0 Å². The zero-order valence-electron chi connectivity index (χ0n) is 14.0. The average Bonchev–Trinajstić information content (AvgIpc) is 2.36. The molecule has 0 bridgehead atoms. The van der Waals surface area contributed by atoms with E-state index in [1.807, 2.05) is 0 Å². The number of alkyl halides is 1. The van der Waals surface area contributed by atoms with E-state index in [9.17, 15) is 9.59 Å². The van der Waals surface area contributed by atoms with E-state index in [2.05, 4.69) is 5.32 Å². The van der Waals surface area contributed by atoms with E-state index >= 15 is 0 Å². The van der Waals surface area contributed by atoms with Crippen LogP contribution in [0.4, 0.5) is 4.79 Å². The van der Waals surface area contributed by atoms with Crippen molar-refractivity contribution in [2.75, 3.05) is 13.0 Å². The number of rotatable bonds is 7. The summed E-state index contributed by atoms with van der Waals surface area (Å²) < 4.78 is 10.1. The lowest BCUT2D eigenvalue weighted by molar-refractivity contribution is -0.155. The molecule has 0 spiro atoms. The quantitative estimate of drug-likeness (QED) is 0.439. The molecule has 0 aromatic rings. The highest BCUT2D eigenvalue weighted by Gasteiger charge is 2.52. The number of unbranched alkanes of at least 4 members (excludes halogenated alkanes) is 2. The minimum atomic E-state index is -0.922. The van der Waals surface area contributed by atoms with E-state index in [0.29, 0.717) is 24.6 Å². The van der Waals surface area contributed by atoms with E-state index in [1.165, 1.54) is 7.11 Å². The molecular weight excluding hydrogens is 306 g/mol. The summed E-state index contributed by atoms with van der Waals surface area (Å²) in [5, 5.41) is 2.71. The van der Waals surface area contributed by atoms with Gasteiger partial charge in [0.05, 0.1) is 7.11 Å². The fraction of sp³-hybridized carbons (Fsp3) is 0.875. The van der Waals surface area contributed by atoms with Crippen molar-refractivity contribution >= 4 is 23.7 Å². The molecule has 0 radical (unpaired) electrons. The molecule has 0 aromatic heterocycles. The van der Waals surface area contributed by atoms with Crippen LogP contribution >= 0.6 is 11.6 Å². The first-order valence-corrected chi connectivity index (χ1v) is 8.41. The third-order valence-electron chi connectivity index (χ3n) is 3.84. The maximum Gasteiger partial charge on any atom is 0.408 e. The molecule has 0 aliphatic heterocycles. The van der Waals surface area contributed by atoms with Crippen molar-refractivity contribution in [2.45, 2.75) is 70.4 Å². The highest BCUT2D eigenvalue weighted by molar-refractivity contribution is 6.17. The number of nitrogens with one attached hydrogen (secondary N) is 1. The van der Waals surface area contributed by atoms with Gasteiger partial charge in [-0.15, -0.1) is 11.6 Å². The smallest absolute Gasteiger partial charge is 0.408 e. The molecule has 0 unspecified atom stereocenters. The van der Waals surface area contributed by atoms with E-state index in [-0.39, 0.29) is 0 Å². The molecule has 1 aliphatic carbocycles. The molecule has 1 saturated carbocycles. The minimum absolute atomic E-state index is 0.393. The number of esters is 1. The summed E-state index contributed by atoms with van der Waals surface area (Å²) in [4.78, 5) is 24.0. The molecule has 1 rings (SSSR count). The number of ether oxygens (including phenoxy) is 2. The number of halogens is 1.